The number of rotatable bonds is 6. The fourth-order valence-electron chi connectivity index (χ4n) is 3.06. The highest BCUT2D eigenvalue weighted by Crippen LogP contribution is 2.27. The van der Waals surface area contributed by atoms with E-state index in [1.807, 2.05) is 43.0 Å². The molecule has 1 saturated heterocycles. The zero-order valence-corrected chi connectivity index (χ0v) is 15.4. The average Bonchev–Trinajstić information content (AvgIpc) is 2.69. The molecule has 26 heavy (non-hydrogen) atoms. The molecule has 1 fully saturated rings. The summed E-state index contributed by atoms with van der Waals surface area (Å²) in [5.74, 6) is 2.25. The van der Waals surface area contributed by atoms with Crippen LogP contribution in [0.25, 0.3) is 0 Å². The average molecular weight is 355 g/mol. The number of aromatic nitrogens is 1. The number of benzene rings is 1. The van der Waals surface area contributed by atoms with Crippen molar-refractivity contribution in [2.45, 2.75) is 13.8 Å². The summed E-state index contributed by atoms with van der Waals surface area (Å²) < 4.78 is 11.2. The van der Waals surface area contributed by atoms with Crippen LogP contribution in [-0.2, 0) is 0 Å². The van der Waals surface area contributed by atoms with E-state index < -0.39 is 0 Å². The fraction of sp³-hybridized carbons (Fsp3) is 0.400. The van der Waals surface area contributed by atoms with E-state index in [4.69, 9.17) is 9.47 Å². The number of carbonyl (C=O) groups excluding carboxylic acids is 1. The number of carbonyl (C=O) groups is 1. The van der Waals surface area contributed by atoms with Crippen LogP contribution < -0.4 is 14.4 Å². The Balaban J connectivity index is 1.70. The van der Waals surface area contributed by atoms with Gasteiger partial charge in [-0.25, -0.2) is 4.98 Å². The minimum absolute atomic E-state index is 0.00262. The van der Waals surface area contributed by atoms with E-state index >= 15 is 0 Å². The minimum Gasteiger partial charge on any atom is -0.494 e. The van der Waals surface area contributed by atoms with E-state index in [1.165, 1.54) is 0 Å². The summed E-state index contributed by atoms with van der Waals surface area (Å²) in [6, 6.07) is 11.3. The van der Waals surface area contributed by atoms with Crippen LogP contribution in [0.4, 0.5) is 5.82 Å². The maximum atomic E-state index is 13.0. The molecule has 0 atom stereocenters. The van der Waals surface area contributed by atoms with Crippen molar-refractivity contribution in [1.82, 2.24) is 9.88 Å². The summed E-state index contributed by atoms with van der Waals surface area (Å²) in [5, 5.41) is 0. The molecule has 0 bridgehead atoms. The van der Waals surface area contributed by atoms with Crippen molar-refractivity contribution in [2.75, 3.05) is 44.3 Å². The second-order valence-electron chi connectivity index (χ2n) is 5.99. The first kappa shape index (κ1) is 18.0. The van der Waals surface area contributed by atoms with Crippen LogP contribution in [0, 0.1) is 0 Å². The van der Waals surface area contributed by atoms with Gasteiger partial charge in [0, 0.05) is 38.4 Å². The standard InChI is InChI=1S/C20H25N3O3/c1-3-25-16-8-9-17(18(15-16)26-4-2)20(24)23-13-11-22(12-14-23)19-7-5-6-10-21-19/h5-10,15H,3-4,11-14H2,1-2H3. The van der Waals surface area contributed by atoms with Crippen LogP contribution in [0.2, 0.25) is 0 Å². The molecule has 0 radical (unpaired) electrons. The zero-order chi connectivity index (χ0) is 18.4. The van der Waals surface area contributed by atoms with Gasteiger partial charge in [-0.15, -0.1) is 0 Å². The van der Waals surface area contributed by atoms with Gasteiger partial charge >= 0.3 is 0 Å². The molecule has 0 saturated carbocycles. The Morgan fingerprint density at radius 3 is 2.46 bits per heavy atom. The largest absolute Gasteiger partial charge is 0.494 e. The summed E-state index contributed by atoms with van der Waals surface area (Å²) in [7, 11) is 0. The van der Waals surface area contributed by atoms with Gasteiger partial charge in [-0.05, 0) is 38.1 Å². The van der Waals surface area contributed by atoms with Crippen molar-refractivity contribution >= 4 is 11.7 Å². The maximum Gasteiger partial charge on any atom is 0.257 e. The van der Waals surface area contributed by atoms with E-state index in [0.29, 0.717) is 43.4 Å². The summed E-state index contributed by atoms with van der Waals surface area (Å²) in [5.41, 5.74) is 0.585. The first-order valence-corrected chi connectivity index (χ1v) is 9.07. The number of hydrogen-bond acceptors (Lipinski definition) is 5. The van der Waals surface area contributed by atoms with Crippen LogP contribution >= 0.6 is 0 Å². The number of anilines is 1. The molecule has 0 unspecified atom stereocenters. The second kappa shape index (κ2) is 8.56. The third kappa shape index (κ3) is 4.07. The van der Waals surface area contributed by atoms with Gasteiger partial charge in [-0.1, -0.05) is 6.07 Å². The molecular weight excluding hydrogens is 330 g/mol. The van der Waals surface area contributed by atoms with Crippen LogP contribution in [0.15, 0.2) is 42.6 Å². The van der Waals surface area contributed by atoms with Gasteiger partial charge in [0.05, 0.1) is 18.8 Å². The minimum atomic E-state index is -0.00262. The molecular formula is C20H25N3O3. The topological polar surface area (TPSA) is 54.9 Å². The van der Waals surface area contributed by atoms with E-state index in [9.17, 15) is 4.79 Å². The summed E-state index contributed by atoms with van der Waals surface area (Å²) in [6.07, 6.45) is 1.79. The van der Waals surface area contributed by atoms with Gasteiger partial charge < -0.3 is 19.3 Å². The molecule has 0 N–H and O–H groups in total. The van der Waals surface area contributed by atoms with Crippen LogP contribution in [0.5, 0.6) is 11.5 Å². The first-order valence-electron chi connectivity index (χ1n) is 9.07. The van der Waals surface area contributed by atoms with Crippen LogP contribution in [0.1, 0.15) is 24.2 Å². The SMILES string of the molecule is CCOc1ccc(C(=O)N2CCN(c3ccccn3)CC2)c(OCC)c1. The number of amides is 1. The number of ether oxygens (including phenoxy) is 2. The lowest BCUT2D eigenvalue weighted by molar-refractivity contribution is 0.0742. The molecule has 2 aromatic rings. The molecule has 0 spiro atoms. The van der Waals surface area contributed by atoms with Gasteiger partial charge in [0.2, 0.25) is 0 Å². The number of hydrogen-bond donors (Lipinski definition) is 0. The molecule has 2 heterocycles. The Morgan fingerprint density at radius 2 is 1.81 bits per heavy atom. The zero-order valence-electron chi connectivity index (χ0n) is 15.4. The predicted octanol–water partition coefficient (Wildman–Crippen LogP) is 2.84. The van der Waals surface area contributed by atoms with E-state index in [0.717, 1.165) is 18.9 Å². The Kier molecular flexibility index (Phi) is 5.94. The molecule has 0 aliphatic carbocycles. The lowest BCUT2D eigenvalue weighted by Crippen LogP contribution is -2.49. The number of nitrogens with zero attached hydrogens (tertiary/aromatic N) is 3. The fourth-order valence-corrected chi connectivity index (χ4v) is 3.06. The summed E-state index contributed by atoms with van der Waals surface area (Å²) in [4.78, 5) is 21.4. The lowest BCUT2D eigenvalue weighted by Gasteiger charge is -2.35. The van der Waals surface area contributed by atoms with Crippen molar-refractivity contribution < 1.29 is 14.3 Å². The second-order valence-corrected chi connectivity index (χ2v) is 5.99. The number of pyridine rings is 1. The molecule has 138 valence electrons. The van der Waals surface area contributed by atoms with E-state index in [2.05, 4.69) is 9.88 Å². The highest BCUT2D eigenvalue weighted by atomic mass is 16.5. The maximum absolute atomic E-state index is 13.0. The van der Waals surface area contributed by atoms with Crippen molar-refractivity contribution in [3.63, 3.8) is 0 Å². The van der Waals surface area contributed by atoms with Crippen LogP contribution in [-0.4, -0.2) is 55.2 Å². The monoisotopic (exact) mass is 355 g/mol. The number of piperazine rings is 1. The highest BCUT2D eigenvalue weighted by molar-refractivity contribution is 5.97. The van der Waals surface area contributed by atoms with Gasteiger partial charge in [0.1, 0.15) is 17.3 Å². The molecule has 1 amide bonds. The van der Waals surface area contributed by atoms with Crippen molar-refractivity contribution in [2.24, 2.45) is 0 Å². The van der Waals surface area contributed by atoms with Crippen molar-refractivity contribution in [3.05, 3.63) is 48.2 Å². The quantitative estimate of drug-likeness (QED) is 0.798. The normalized spacial score (nSPS) is 14.2. The van der Waals surface area contributed by atoms with Gasteiger partial charge in [-0.3, -0.25) is 4.79 Å². The van der Waals surface area contributed by atoms with E-state index in [1.54, 1.807) is 18.3 Å². The molecule has 6 nitrogen and oxygen atoms in total. The Labute approximate surface area is 154 Å². The Bertz CT molecular complexity index is 728. The molecule has 1 aromatic carbocycles. The first-order chi connectivity index (χ1) is 12.7. The van der Waals surface area contributed by atoms with Crippen LogP contribution in [0.3, 0.4) is 0 Å². The summed E-state index contributed by atoms with van der Waals surface area (Å²) in [6.45, 7) is 7.78. The Hall–Kier alpha value is -2.76. The smallest absolute Gasteiger partial charge is 0.257 e. The van der Waals surface area contributed by atoms with Gasteiger partial charge in [0.15, 0.2) is 0 Å². The molecule has 6 heteroatoms. The van der Waals surface area contributed by atoms with E-state index in [-0.39, 0.29) is 5.91 Å². The molecule has 3 rings (SSSR count). The van der Waals surface area contributed by atoms with Gasteiger partial charge in [0.25, 0.3) is 5.91 Å². The third-order valence-corrected chi connectivity index (χ3v) is 4.33. The highest BCUT2D eigenvalue weighted by Gasteiger charge is 2.25. The predicted molar refractivity (Wildman–Crippen MR) is 101 cm³/mol. The Morgan fingerprint density at radius 1 is 1.04 bits per heavy atom. The van der Waals surface area contributed by atoms with Crippen molar-refractivity contribution in [1.29, 1.82) is 0 Å². The lowest BCUT2D eigenvalue weighted by atomic mass is 10.1. The third-order valence-electron chi connectivity index (χ3n) is 4.33. The molecule has 1 aliphatic heterocycles. The van der Waals surface area contributed by atoms with Gasteiger partial charge in [-0.2, -0.15) is 0 Å². The van der Waals surface area contributed by atoms with Crippen molar-refractivity contribution in [3.8, 4) is 11.5 Å². The molecule has 1 aliphatic rings. The summed E-state index contributed by atoms with van der Waals surface area (Å²) >= 11 is 0. The molecule has 1 aromatic heterocycles.